The van der Waals surface area contributed by atoms with Gasteiger partial charge in [-0.1, -0.05) is 12.1 Å². The lowest BCUT2D eigenvalue weighted by Crippen LogP contribution is -2.46. The van der Waals surface area contributed by atoms with Gasteiger partial charge in [0.1, 0.15) is 5.75 Å². The van der Waals surface area contributed by atoms with E-state index in [0.717, 1.165) is 5.56 Å². The molecule has 0 saturated carbocycles. The Morgan fingerprint density at radius 3 is 2.42 bits per heavy atom. The summed E-state index contributed by atoms with van der Waals surface area (Å²) in [5.41, 5.74) is 11.7. The smallest absolute Gasteiger partial charge is 0.237 e. The van der Waals surface area contributed by atoms with Crippen LogP contribution < -0.4 is 16.8 Å². The van der Waals surface area contributed by atoms with Gasteiger partial charge in [0, 0.05) is 12.5 Å². The van der Waals surface area contributed by atoms with Crippen LogP contribution in [-0.4, -0.2) is 29.0 Å². The van der Waals surface area contributed by atoms with Crippen molar-refractivity contribution in [2.24, 2.45) is 11.5 Å². The predicted molar refractivity (Wildman–Crippen MR) is 71.2 cm³/mol. The maximum absolute atomic E-state index is 11.8. The lowest BCUT2D eigenvalue weighted by molar-refractivity contribution is -0.123. The highest BCUT2D eigenvalue weighted by atomic mass is 16.3. The van der Waals surface area contributed by atoms with Crippen LogP contribution >= 0.6 is 0 Å². The van der Waals surface area contributed by atoms with E-state index in [0.29, 0.717) is 6.42 Å². The molecule has 6 N–H and O–H groups in total. The number of phenols is 1. The monoisotopic (exact) mass is 265 g/mol. The third kappa shape index (κ3) is 5.39. The molecule has 0 spiro atoms. The van der Waals surface area contributed by atoms with Crippen molar-refractivity contribution < 1.29 is 14.7 Å². The maximum atomic E-state index is 11.8. The first-order valence-corrected chi connectivity index (χ1v) is 6.00. The van der Waals surface area contributed by atoms with Gasteiger partial charge in [-0.3, -0.25) is 9.59 Å². The Labute approximate surface area is 111 Å². The van der Waals surface area contributed by atoms with Crippen molar-refractivity contribution in [2.45, 2.75) is 31.8 Å². The van der Waals surface area contributed by atoms with Gasteiger partial charge in [-0.15, -0.1) is 0 Å². The van der Waals surface area contributed by atoms with Gasteiger partial charge in [0.25, 0.3) is 0 Å². The number of carbonyl (C=O) groups is 2. The largest absolute Gasteiger partial charge is 0.508 e. The van der Waals surface area contributed by atoms with E-state index in [2.05, 4.69) is 5.32 Å². The summed E-state index contributed by atoms with van der Waals surface area (Å²) in [7, 11) is 0. The average Bonchev–Trinajstić information content (AvgIpc) is 2.30. The quantitative estimate of drug-likeness (QED) is 0.561. The molecule has 0 heterocycles. The number of hydrogen-bond donors (Lipinski definition) is 4. The van der Waals surface area contributed by atoms with Gasteiger partial charge in [-0.25, -0.2) is 0 Å². The lowest BCUT2D eigenvalue weighted by Gasteiger charge is -2.16. The molecule has 0 saturated heterocycles. The zero-order chi connectivity index (χ0) is 14.4. The summed E-state index contributed by atoms with van der Waals surface area (Å²) in [4.78, 5) is 22.5. The molecule has 6 nitrogen and oxygen atoms in total. The molecule has 0 aliphatic carbocycles. The Hall–Kier alpha value is -2.08. The average molecular weight is 265 g/mol. The fourth-order valence-corrected chi connectivity index (χ4v) is 1.68. The molecule has 2 atom stereocenters. The van der Waals surface area contributed by atoms with E-state index in [-0.39, 0.29) is 24.1 Å². The van der Waals surface area contributed by atoms with E-state index in [9.17, 15) is 9.59 Å². The summed E-state index contributed by atoms with van der Waals surface area (Å²) in [6.45, 7) is 1.69. The number of phenolic OH excluding ortho intramolecular Hbond substituents is 1. The Morgan fingerprint density at radius 1 is 1.32 bits per heavy atom. The van der Waals surface area contributed by atoms with Gasteiger partial charge in [0.15, 0.2) is 0 Å². The van der Waals surface area contributed by atoms with Crippen LogP contribution in [0.2, 0.25) is 0 Å². The van der Waals surface area contributed by atoms with Crippen LogP contribution in [0.5, 0.6) is 5.75 Å². The first-order chi connectivity index (χ1) is 8.88. The Bertz CT molecular complexity index is 445. The molecule has 0 bridgehead atoms. The van der Waals surface area contributed by atoms with Crippen LogP contribution in [0.4, 0.5) is 0 Å². The molecule has 0 aliphatic heterocycles. The number of nitrogens with one attached hydrogen (secondary N) is 1. The fourth-order valence-electron chi connectivity index (χ4n) is 1.68. The highest BCUT2D eigenvalue weighted by Gasteiger charge is 2.17. The second kappa shape index (κ2) is 6.75. The summed E-state index contributed by atoms with van der Waals surface area (Å²) >= 11 is 0. The number of hydrogen-bond acceptors (Lipinski definition) is 4. The van der Waals surface area contributed by atoms with Crippen LogP contribution in [0.3, 0.4) is 0 Å². The van der Waals surface area contributed by atoms with Crippen molar-refractivity contribution in [3.63, 3.8) is 0 Å². The zero-order valence-electron chi connectivity index (χ0n) is 10.8. The van der Waals surface area contributed by atoms with Gasteiger partial charge in [-0.05, 0) is 31.0 Å². The minimum absolute atomic E-state index is 0.0810. The third-order valence-electron chi connectivity index (χ3n) is 2.62. The van der Waals surface area contributed by atoms with Gasteiger partial charge in [-0.2, -0.15) is 0 Å². The van der Waals surface area contributed by atoms with Crippen molar-refractivity contribution in [1.29, 1.82) is 0 Å². The SMILES string of the molecule is CC(CC(N)=O)NC(=O)C(N)Cc1ccc(O)cc1. The van der Waals surface area contributed by atoms with E-state index in [1.165, 1.54) is 12.1 Å². The molecular weight excluding hydrogens is 246 g/mol. The molecule has 0 aromatic heterocycles. The minimum Gasteiger partial charge on any atom is -0.508 e. The molecule has 1 aromatic rings. The van der Waals surface area contributed by atoms with Gasteiger partial charge in [0.2, 0.25) is 11.8 Å². The Morgan fingerprint density at radius 2 is 1.89 bits per heavy atom. The molecule has 1 aromatic carbocycles. The first-order valence-electron chi connectivity index (χ1n) is 6.00. The molecule has 2 unspecified atom stereocenters. The predicted octanol–water partition coefficient (Wildman–Crippen LogP) is -0.358. The van der Waals surface area contributed by atoms with Crippen LogP contribution in [0.1, 0.15) is 18.9 Å². The zero-order valence-corrected chi connectivity index (χ0v) is 10.8. The first kappa shape index (κ1) is 15.0. The van der Waals surface area contributed by atoms with E-state index in [4.69, 9.17) is 16.6 Å². The molecule has 0 fully saturated rings. The standard InChI is InChI=1S/C13H19N3O3/c1-8(6-12(15)18)16-13(19)11(14)7-9-2-4-10(17)5-3-9/h2-5,8,11,17H,6-7,14H2,1H3,(H2,15,18)(H,16,19). The van der Waals surface area contributed by atoms with Crippen LogP contribution in [0.15, 0.2) is 24.3 Å². The van der Waals surface area contributed by atoms with Crippen LogP contribution in [0.25, 0.3) is 0 Å². The van der Waals surface area contributed by atoms with E-state index >= 15 is 0 Å². The summed E-state index contributed by atoms with van der Waals surface area (Å²) in [5, 5.41) is 11.8. The van der Waals surface area contributed by atoms with Crippen LogP contribution in [-0.2, 0) is 16.0 Å². The van der Waals surface area contributed by atoms with Crippen molar-refractivity contribution in [3.05, 3.63) is 29.8 Å². The fraction of sp³-hybridized carbons (Fsp3) is 0.385. The molecule has 1 rings (SSSR count). The molecule has 0 aliphatic rings. The topological polar surface area (TPSA) is 118 Å². The van der Waals surface area contributed by atoms with Crippen molar-refractivity contribution in [1.82, 2.24) is 5.32 Å². The summed E-state index contributed by atoms with van der Waals surface area (Å²) in [5.74, 6) is -0.640. The van der Waals surface area contributed by atoms with Crippen molar-refractivity contribution in [3.8, 4) is 5.75 Å². The third-order valence-corrected chi connectivity index (χ3v) is 2.62. The van der Waals surface area contributed by atoms with Gasteiger partial charge >= 0.3 is 0 Å². The van der Waals surface area contributed by atoms with E-state index < -0.39 is 11.9 Å². The van der Waals surface area contributed by atoms with Crippen molar-refractivity contribution in [2.75, 3.05) is 0 Å². The minimum atomic E-state index is -0.708. The van der Waals surface area contributed by atoms with Gasteiger partial charge in [0.05, 0.1) is 6.04 Å². The van der Waals surface area contributed by atoms with Crippen LogP contribution in [0, 0.1) is 0 Å². The molecule has 6 heteroatoms. The summed E-state index contributed by atoms with van der Waals surface area (Å²) < 4.78 is 0. The highest BCUT2D eigenvalue weighted by Crippen LogP contribution is 2.10. The second-order valence-electron chi connectivity index (χ2n) is 4.56. The van der Waals surface area contributed by atoms with E-state index in [1.54, 1.807) is 19.1 Å². The number of rotatable bonds is 6. The molecule has 19 heavy (non-hydrogen) atoms. The number of amides is 2. The highest BCUT2D eigenvalue weighted by molar-refractivity contribution is 5.83. The number of benzene rings is 1. The normalized spacial score (nSPS) is 13.6. The molecule has 0 radical (unpaired) electrons. The number of aromatic hydroxyl groups is 1. The Kier molecular flexibility index (Phi) is 5.32. The lowest BCUT2D eigenvalue weighted by atomic mass is 10.1. The Balaban J connectivity index is 2.48. The number of nitrogens with two attached hydrogens (primary N) is 2. The maximum Gasteiger partial charge on any atom is 0.237 e. The molecule has 104 valence electrons. The van der Waals surface area contributed by atoms with E-state index in [1.807, 2.05) is 0 Å². The van der Waals surface area contributed by atoms with Crippen molar-refractivity contribution >= 4 is 11.8 Å². The molecular formula is C13H19N3O3. The second-order valence-corrected chi connectivity index (χ2v) is 4.56. The number of carbonyl (C=O) groups excluding carboxylic acids is 2. The molecule has 2 amide bonds. The van der Waals surface area contributed by atoms with Gasteiger partial charge < -0.3 is 21.9 Å². The summed E-state index contributed by atoms with van der Waals surface area (Å²) in [6.07, 6.45) is 0.438. The summed E-state index contributed by atoms with van der Waals surface area (Å²) in [6, 6.07) is 5.44. The number of primary amides is 1.